The molecule has 0 saturated carbocycles. The molecule has 0 saturated heterocycles. The summed E-state index contributed by atoms with van der Waals surface area (Å²) >= 11 is 0. The Labute approximate surface area is 119 Å². The molecule has 0 aromatic carbocycles. The second-order valence-corrected chi connectivity index (χ2v) is 4.91. The van der Waals surface area contributed by atoms with Crippen molar-refractivity contribution in [3.8, 4) is 0 Å². The number of nitrogens with zero attached hydrogens (tertiary/aromatic N) is 4. The summed E-state index contributed by atoms with van der Waals surface area (Å²) in [7, 11) is 3.84. The third-order valence-corrected chi connectivity index (χ3v) is 3.35. The van der Waals surface area contributed by atoms with Gasteiger partial charge in [-0.05, 0) is 24.1 Å². The predicted molar refractivity (Wildman–Crippen MR) is 77.1 cm³/mol. The molecule has 0 aliphatic heterocycles. The van der Waals surface area contributed by atoms with Crippen molar-refractivity contribution in [2.75, 3.05) is 13.6 Å². The van der Waals surface area contributed by atoms with Gasteiger partial charge in [0, 0.05) is 51.8 Å². The lowest BCUT2D eigenvalue weighted by Crippen LogP contribution is -2.29. The second kappa shape index (κ2) is 6.84. The van der Waals surface area contributed by atoms with Crippen LogP contribution in [0.1, 0.15) is 17.8 Å². The van der Waals surface area contributed by atoms with Crippen molar-refractivity contribution in [3.05, 3.63) is 48.3 Å². The number of amides is 1. The first kappa shape index (κ1) is 14.2. The fourth-order valence-electron chi connectivity index (χ4n) is 2.05. The maximum atomic E-state index is 12.1. The number of imidazole rings is 1. The molecular formula is C15H20N4O. The van der Waals surface area contributed by atoms with Crippen LogP contribution >= 0.6 is 0 Å². The standard InChI is InChI=1S/C15H20N4O/c1-18-11-9-17-14(18)4-3-10-19(2)15(20)12-13-5-7-16-8-6-13/h5-9,11H,3-4,10,12H2,1-2H3. The van der Waals surface area contributed by atoms with Gasteiger partial charge in [0.2, 0.25) is 5.91 Å². The van der Waals surface area contributed by atoms with E-state index >= 15 is 0 Å². The van der Waals surface area contributed by atoms with Crippen LogP contribution in [0.3, 0.4) is 0 Å². The average molecular weight is 272 g/mol. The Morgan fingerprint density at radius 1 is 1.30 bits per heavy atom. The van der Waals surface area contributed by atoms with Gasteiger partial charge in [0.25, 0.3) is 0 Å². The summed E-state index contributed by atoms with van der Waals surface area (Å²) in [6.45, 7) is 0.747. The molecule has 20 heavy (non-hydrogen) atoms. The summed E-state index contributed by atoms with van der Waals surface area (Å²) < 4.78 is 2.01. The zero-order valence-corrected chi connectivity index (χ0v) is 12.0. The minimum absolute atomic E-state index is 0.135. The summed E-state index contributed by atoms with van der Waals surface area (Å²) in [6.07, 6.45) is 9.40. The first-order valence-corrected chi connectivity index (χ1v) is 6.76. The molecule has 106 valence electrons. The van der Waals surface area contributed by atoms with E-state index in [2.05, 4.69) is 9.97 Å². The fraction of sp³-hybridized carbons (Fsp3) is 0.400. The third kappa shape index (κ3) is 3.91. The van der Waals surface area contributed by atoms with Crippen LogP contribution in [0.4, 0.5) is 0 Å². The molecule has 0 aliphatic carbocycles. The van der Waals surface area contributed by atoms with Crippen molar-refractivity contribution in [2.24, 2.45) is 7.05 Å². The van der Waals surface area contributed by atoms with E-state index in [0.717, 1.165) is 30.8 Å². The van der Waals surface area contributed by atoms with E-state index in [4.69, 9.17) is 0 Å². The molecule has 5 nitrogen and oxygen atoms in total. The van der Waals surface area contributed by atoms with Crippen LogP contribution in [-0.2, 0) is 24.7 Å². The monoisotopic (exact) mass is 272 g/mol. The highest BCUT2D eigenvalue weighted by molar-refractivity contribution is 5.78. The van der Waals surface area contributed by atoms with Crippen LogP contribution in [0, 0.1) is 0 Å². The summed E-state index contributed by atoms with van der Waals surface area (Å²) in [4.78, 5) is 22.1. The Bertz CT molecular complexity index is 550. The average Bonchev–Trinajstić information content (AvgIpc) is 2.85. The molecule has 0 radical (unpaired) electrons. The van der Waals surface area contributed by atoms with Crippen molar-refractivity contribution in [1.82, 2.24) is 19.4 Å². The number of carbonyl (C=O) groups is 1. The van der Waals surface area contributed by atoms with Crippen molar-refractivity contribution in [3.63, 3.8) is 0 Å². The lowest BCUT2D eigenvalue weighted by Gasteiger charge is -2.17. The van der Waals surface area contributed by atoms with Crippen LogP contribution in [0.15, 0.2) is 36.9 Å². The summed E-state index contributed by atoms with van der Waals surface area (Å²) in [5, 5.41) is 0. The zero-order chi connectivity index (χ0) is 14.4. The Morgan fingerprint density at radius 2 is 2.05 bits per heavy atom. The molecule has 0 N–H and O–H groups in total. The summed E-state index contributed by atoms with van der Waals surface area (Å²) in [5.41, 5.74) is 1.00. The maximum Gasteiger partial charge on any atom is 0.226 e. The van der Waals surface area contributed by atoms with Gasteiger partial charge in [0.1, 0.15) is 5.82 Å². The van der Waals surface area contributed by atoms with E-state index in [1.165, 1.54) is 0 Å². The van der Waals surface area contributed by atoms with Crippen LogP contribution < -0.4 is 0 Å². The van der Waals surface area contributed by atoms with Crippen molar-refractivity contribution in [2.45, 2.75) is 19.3 Å². The van der Waals surface area contributed by atoms with Gasteiger partial charge in [0.05, 0.1) is 6.42 Å². The molecule has 2 heterocycles. The topological polar surface area (TPSA) is 51.0 Å². The Kier molecular flexibility index (Phi) is 4.87. The van der Waals surface area contributed by atoms with Crippen LogP contribution in [0.25, 0.3) is 0 Å². The fourth-order valence-corrected chi connectivity index (χ4v) is 2.05. The first-order chi connectivity index (χ1) is 9.66. The number of pyridine rings is 1. The number of likely N-dealkylation sites (N-methyl/N-ethyl adjacent to an activating group) is 1. The van der Waals surface area contributed by atoms with E-state index < -0.39 is 0 Å². The summed E-state index contributed by atoms with van der Waals surface area (Å²) in [6, 6.07) is 3.75. The SMILES string of the molecule is CN(CCCc1nccn1C)C(=O)Cc1ccncc1. The predicted octanol–water partition coefficient (Wildman–Crippen LogP) is 1.45. The second-order valence-electron chi connectivity index (χ2n) is 4.91. The number of rotatable bonds is 6. The highest BCUT2D eigenvalue weighted by atomic mass is 16.2. The number of hydrogen-bond acceptors (Lipinski definition) is 3. The highest BCUT2D eigenvalue weighted by Crippen LogP contribution is 2.03. The van der Waals surface area contributed by atoms with Gasteiger partial charge in [-0.2, -0.15) is 0 Å². The van der Waals surface area contributed by atoms with Crippen molar-refractivity contribution in [1.29, 1.82) is 0 Å². The van der Waals surface area contributed by atoms with Crippen LogP contribution in [0.5, 0.6) is 0 Å². The minimum Gasteiger partial charge on any atom is -0.345 e. The molecule has 0 spiro atoms. The molecule has 0 unspecified atom stereocenters. The minimum atomic E-state index is 0.135. The quantitative estimate of drug-likeness (QED) is 0.799. The lowest BCUT2D eigenvalue weighted by molar-refractivity contribution is -0.129. The van der Waals surface area contributed by atoms with Crippen LogP contribution in [-0.4, -0.2) is 38.9 Å². The highest BCUT2D eigenvalue weighted by Gasteiger charge is 2.09. The van der Waals surface area contributed by atoms with Gasteiger partial charge in [-0.15, -0.1) is 0 Å². The largest absolute Gasteiger partial charge is 0.345 e. The number of aryl methyl sites for hydroxylation is 2. The molecule has 0 fully saturated rings. The normalized spacial score (nSPS) is 10.5. The molecule has 2 aromatic heterocycles. The Hall–Kier alpha value is -2.17. The lowest BCUT2D eigenvalue weighted by atomic mass is 10.2. The van der Waals surface area contributed by atoms with Gasteiger partial charge in [-0.1, -0.05) is 0 Å². The van der Waals surface area contributed by atoms with E-state index in [1.54, 1.807) is 23.5 Å². The van der Waals surface area contributed by atoms with E-state index in [-0.39, 0.29) is 5.91 Å². The molecule has 0 aliphatic rings. The number of aromatic nitrogens is 3. The first-order valence-electron chi connectivity index (χ1n) is 6.76. The van der Waals surface area contributed by atoms with Crippen molar-refractivity contribution >= 4 is 5.91 Å². The number of carbonyl (C=O) groups excluding carboxylic acids is 1. The van der Waals surface area contributed by atoms with Gasteiger partial charge in [-0.3, -0.25) is 9.78 Å². The van der Waals surface area contributed by atoms with Gasteiger partial charge >= 0.3 is 0 Å². The molecule has 0 bridgehead atoms. The Morgan fingerprint density at radius 3 is 2.70 bits per heavy atom. The smallest absolute Gasteiger partial charge is 0.226 e. The molecule has 2 aromatic rings. The van der Waals surface area contributed by atoms with E-state index in [1.807, 2.05) is 37.0 Å². The van der Waals surface area contributed by atoms with Crippen LogP contribution in [0.2, 0.25) is 0 Å². The number of hydrogen-bond donors (Lipinski definition) is 0. The van der Waals surface area contributed by atoms with E-state index in [9.17, 15) is 4.79 Å². The van der Waals surface area contributed by atoms with Crippen molar-refractivity contribution < 1.29 is 4.79 Å². The zero-order valence-electron chi connectivity index (χ0n) is 12.0. The molecule has 2 rings (SSSR count). The van der Waals surface area contributed by atoms with E-state index in [0.29, 0.717) is 6.42 Å². The molecule has 5 heteroatoms. The molecule has 1 amide bonds. The Balaban J connectivity index is 1.75. The van der Waals surface area contributed by atoms with Gasteiger partial charge in [-0.25, -0.2) is 4.98 Å². The molecular weight excluding hydrogens is 252 g/mol. The third-order valence-electron chi connectivity index (χ3n) is 3.35. The maximum absolute atomic E-state index is 12.1. The summed E-state index contributed by atoms with van der Waals surface area (Å²) in [5.74, 6) is 1.19. The van der Waals surface area contributed by atoms with Gasteiger partial charge in [0.15, 0.2) is 0 Å². The van der Waals surface area contributed by atoms with Gasteiger partial charge < -0.3 is 9.47 Å². The molecule has 0 atom stereocenters.